The van der Waals surface area contributed by atoms with E-state index in [1.54, 1.807) is 29.2 Å². The van der Waals surface area contributed by atoms with Gasteiger partial charge in [0.15, 0.2) is 16.7 Å². The average molecular weight is 474 g/mol. The first kappa shape index (κ1) is 21.5. The van der Waals surface area contributed by atoms with E-state index in [1.807, 2.05) is 0 Å². The van der Waals surface area contributed by atoms with Crippen LogP contribution >= 0.6 is 11.6 Å². The molecule has 12 heteroatoms. The Morgan fingerprint density at radius 1 is 1.06 bits per heavy atom. The van der Waals surface area contributed by atoms with Gasteiger partial charge in [0.25, 0.3) is 10.0 Å². The lowest BCUT2D eigenvalue weighted by Gasteiger charge is -2.29. The Hall–Kier alpha value is -3.70. The average Bonchev–Trinajstić information content (AvgIpc) is 2.75. The van der Waals surface area contributed by atoms with Gasteiger partial charge >= 0.3 is 5.97 Å². The van der Waals surface area contributed by atoms with Crippen molar-refractivity contribution < 1.29 is 22.7 Å². The van der Waals surface area contributed by atoms with Gasteiger partial charge in [0, 0.05) is 5.69 Å². The molecular weight excluding hydrogens is 458 g/mol. The molecule has 2 aromatic carbocycles. The summed E-state index contributed by atoms with van der Waals surface area (Å²) in [6.45, 7) is -0.135. The van der Waals surface area contributed by atoms with Gasteiger partial charge in [-0.1, -0.05) is 23.7 Å². The number of ether oxygens (including phenoxy) is 1. The maximum atomic E-state index is 12.5. The van der Waals surface area contributed by atoms with Crippen molar-refractivity contribution in [2.24, 2.45) is 0 Å². The number of carbonyl (C=O) groups excluding carboxylic acids is 2. The van der Waals surface area contributed by atoms with Crippen molar-refractivity contribution in [2.75, 3.05) is 28.0 Å². The fourth-order valence-corrected chi connectivity index (χ4v) is 4.10. The Morgan fingerprint density at radius 3 is 2.53 bits per heavy atom. The minimum absolute atomic E-state index is 0.0205. The van der Waals surface area contributed by atoms with Crippen molar-refractivity contribution in [3.63, 3.8) is 0 Å². The summed E-state index contributed by atoms with van der Waals surface area (Å²) in [5, 5.41) is 10.1. The highest BCUT2D eigenvalue weighted by molar-refractivity contribution is 7.92. The molecule has 1 aromatic heterocycles. The molecule has 0 radical (unpaired) electrons. The molecule has 3 aromatic rings. The third-order valence-electron chi connectivity index (χ3n) is 4.40. The van der Waals surface area contributed by atoms with E-state index in [9.17, 15) is 18.0 Å². The van der Waals surface area contributed by atoms with Gasteiger partial charge in [-0.15, -0.1) is 10.2 Å². The first-order valence-corrected chi connectivity index (χ1v) is 11.1. The number of hydrogen-bond donors (Lipinski definition) is 2. The lowest BCUT2D eigenvalue weighted by atomic mass is 10.2. The second kappa shape index (κ2) is 8.81. The number of carbonyl (C=O) groups is 2. The van der Waals surface area contributed by atoms with E-state index in [1.165, 1.54) is 36.4 Å². The number of para-hydroxylation sites is 2. The number of amides is 1. The van der Waals surface area contributed by atoms with Crippen LogP contribution in [0.3, 0.4) is 0 Å². The number of benzene rings is 2. The summed E-state index contributed by atoms with van der Waals surface area (Å²) < 4.78 is 32.4. The molecule has 2 heterocycles. The van der Waals surface area contributed by atoms with Crippen LogP contribution in [0, 0.1) is 0 Å². The quantitative estimate of drug-likeness (QED) is 0.412. The van der Waals surface area contributed by atoms with Gasteiger partial charge < -0.3 is 15.0 Å². The van der Waals surface area contributed by atoms with Crippen molar-refractivity contribution in [2.45, 2.75) is 4.90 Å². The molecule has 164 valence electrons. The normalized spacial score (nSPS) is 13.2. The number of aromatic nitrogens is 2. The number of anilines is 3. The van der Waals surface area contributed by atoms with Crippen molar-refractivity contribution >= 4 is 50.7 Å². The molecule has 0 saturated heterocycles. The number of nitrogens with zero attached hydrogens (tertiary/aromatic N) is 3. The van der Waals surface area contributed by atoms with Crippen molar-refractivity contribution in [3.8, 4) is 5.75 Å². The highest BCUT2D eigenvalue weighted by Gasteiger charge is 2.25. The molecular formula is C20H16ClN5O5S. The van der Waals surface area contributed by atoms with E-state index in [0.29, 0.717) is 17.1 Å². The van der Waals surface area contributed by atoms with E-state index in [4.69, 9.17) is 16.3 Å². The summed E-state index contributed by atoms with van der Waals surface area (Å²) in [5.74, 6) is -0.417. The van der Waals surface area contributed by atoms with Crippen LogP contribution in [-0.4, -0.2) is 43.6 Å². The number of sulfonamides is 1. The lowest BCUT2D eigenvalue weighted by molar-refractivity contribution is -0.133. The highest BCUT2D eigenvalue weighted by Crippen LogP contribution is 2.31. The molecule has 4 rings (SSSR count). The van der Waals surface area contributed by atoms with Gasteiger partial charge in [-0.2, -0.15) is 0 Å². The van der Waals surface area contributed by atoms with E-state index >= 15 is 0 Å². The Kier molecular flexibility index (Phi) is 5.93. The van der Waals surface area contributed by atoms with Gasteiger partial charge in [-0.3, -0.25) is 9.52 Å². The fraction of sp³-hybridized carbons (Fsp3) is 0.100. The number of hydrogen-bond acceptors (Lipinski definition) is 8. The maximum absolute atomic E-state index is 12.5. The molecule has 10 nitrogen and oxygen atoms in total. The summed E-state index contributed by atoms with van der Waals surface area (Å²) in [4.78, 5) is 25.8. The van der Waals surface area contributed by atoms with E-state index in [-0.39, 0.29) is 34.9 Å². The molecule has 0 fully saturated rings. The van der Waals surface area contributed by atoms with Crippen LogP contribution < -0.4 is 19.7 Å². The monoisotopic (exact) mass is 473 g/mol. The molecule has 0 unspecified atom stereocenters. The summed E-state index contributed by atoms with van der Waals surface area (Å²) >= 11 is 5.64. The second-order valence-corrected chi connectivity index (χ2v) is 8.79. The third kappa shape index (κ3) is 4.95. The standard InChI is InChI=1S/C20H16ClN5O5S/c21-17-9-10-18(24-23-17)25-32(29,30)14-7-5-13(6-8-14)22-19(27)11-26-12-20(28)31-16-4-2-1-3-15(16)26/h1-10H,11-12H2,(H,22,27)(H,24,25). The predicted molar refractivity (Wildman–Crippen MR) is 117 cm³/mol. The number of rotatable bonds is 6. The zero-order chi connectivity index (χ0) is 22.7. The number of halogens is 1. The molecule has 0 saturated carbocycles. The van der Waals surface area contributed by atoms with E-state index in [0.717, 1.165) is 0 Å². The first-order valence-electron chi connectivity index (χ1n) is 9.27. The minimum atomic E-state index is -3.90. The van der Waals surface area contributed by atoms with Crippen LogP contribution in [-0.2, 0) is 19.6 Å². The first-order chi connectivity index (χ1) is 15.3. The zero-order valence-corrected chi connectivity index (χ0v) is 17.9. The van der Waals surface area contributed by atoms with Crippen molar-refractivity contribution in [1.29, 1.82) is 0 Å². The number of nitrogens with one attached hydrogen (secondary N) is 2. The van der Waals surface area contributed by atoms with Gasteiger partial charge in [0.2, 0.25) is 5.91 Å². The molecule has 0 atom stereocenters. The largest absolute Gasteiger partial charge is 0.423 e. The fourth-order valence-electron chi connectivity index (χ4n) is 3.00. The Bertz CT molecular complexity index is 1270. The zero-order valence-electron chi connectivity index (χ0n) is 16.4. The minimum Gasteiger partial charge on any atom is -0.423 e. The number of esters is 1. The van der Waals surface area contributed by atoms with Gasteiger partial charge in [-0.05, 0) is 48.5 Å². The van der Waals surface area contributed by atoms with Gasteiger partial charge in [-0.25, -0.2) is 13.2 Å². The molecule has 0 bridgehead atoms. The third-order valence-corrected chi connectivity index (χ3v) is 5.98. The topological polar surface area (TPSA) is 131 Å². The second-order valence-electron chi connectivity index (χ2n) is 6.72. The molecule has 32 heavy (non-hydrogen) atoms. The predicted octanol–water partition coefficient (Wildman–Crippen LogP) is 2.29. The Balaban J connectivity index is 1.41. The summed E-state index contributed by atoms with van der Waals surface area (Å²) in [6, 6.07) is 15.3. The van der Waals surface area contributed by atoms with Crippen LogP contribution in [0.2, 0.25) is 5.15 Å². The van der Waals surface area contributed by atoms with Crippen LogP contribution in [0.1, 0.15) is 0 Å². The van der Waals surface area contributed by atoms with Crippen LogP contribution in [0.4, 0.5) is 17.2 Å². The van der Waals surface area contributed by atoms with Crippen LogP contribution in [0.5, 0.6) is 5.75 Å². The van der Waals surface area contributed by atoms with Crippen LogP contribution in [0.25, 0.3) is 0 Å². The number of fused-ring (bicyclic) bond motifs is 1. The van der Waals surface area contributed by atoms with Gasteiger partial charge in [0.05, 0.1) is 17.1 Å². The van der Waals surface area contributed by atoms with Crippen LogP contribution in [0.15, 0.2) is 65.6 Å². The summed E-state index contributed by atoms with van der Waals surface area (Å²) in [6.07, 6.45) is 0. The lowest BCUT2D eigenvalue weighted by Crippen LogP contribution is -2.41. The molecule has 0 aliphatic carbocycles. The van der Waals surface area contributed by atoms with Gasteiger partial charge in [0.1, 0.15) is 6.54 Å². The van der Waals surface area contributed by atoms with Crippen molar-refractivity contribution in [1.82, 2.24) is 10.2 Å². The molecule has 2 N–H and O–H groups in total. The molecule has 1 aliphatic heterocycles. The summed E-state index contributed by atoms with van der Waals surface area (Å²) in [7, 11) is -3.90. The molecule has 1 aliphatic rings. The SMILES string of the molecule is O=C(CN1CC(=O)Oc2ccccc21)Nc1ccc(S(=O)(=O)Nc2ccc(Cl)nn2)cc1. The molecule has 1 amide bonds. The summed E-state index contributed by atoms with van der Waals surface area (Å²) in [5.41, 5.74) is 1.04. The molecule has 0 spiro atoms. The van der Waals surface area contributed by atoms with Crippen molar-refractivity contribution in [3.05, 3.63) is 65.8 Å². The Labute approximate surface area is 188 Å². The van der Waals surface area contributed by atoms with E-state index in [2.05, 4.69) is 20.2 Å². The highest BCUT2D eigenvalue weighted by atomic mass is 35.5. The van der Waals surface area contributed by atoms with E-state index < -0.39 is 16.0 Å². The maximum Gasteiger partial charge on any atom is 0.331 e. The Morgan fingerprint density at radius 2 is 1.81 bits per heavy atom. The smallest absolute Gasteiger partial charge is 0.331 e.